The summed E-state index contributed by atoms with van der Waals surface area (Å²) in [4.78, 5) is 16.1. The lowest BCUT2D eigenvalue weighted by atomic mass is 9.90. The van der Waals surface area contributed by atoms with Crippen molar-refractivity contribution in [3.8, 4) is 0 Å². The van der Waals surface area contributed by atoms with Crippen molar-refractivity contribution in [2.24, 2.45) is 5.92 Å². The molecule has 2 aromatic carbocycles. The van der Waals surface area contributed by atoms with Gasteiger partial charge in [-0.2, -0.15) is 0 Å². The molecule has 3 heteroatoms. The van der Waals surface area contributed by atoms with E-state index in [-0.39, 0.29) is 5.91 Å². The highest BCUT2D eigenvalue weighted by Gasteiger charge is 2.20. The van der Waals surface area contributed by atoms with Gasteiger partial charge in [-0.3, -0.25) is 9.69 Å². The van der Waals surface area contributed by atoms with Crippen molar-refractivity contribution < 1.29 is 4.79 Å². The van der Waals surface area contributed by atoms with Gasteiger partial charge in [-0.05, 0) is 73.1 Å². The monoisotopic (exact) mass is 404 g/mol. The summed E-state index contributed by atoms with van der Waals surface area (Å²) in [6.45, 7) is 6.97. The number of hydrogen-bond acceptors (Lipinski definition) is 2. The van der Waals surface area contributed by atoms with E-state index in [2.05, 4.69) is 53.4 Å². The van der Waals surface area contributed by atoms with Crippen LogP contribution >= 0.6 is 0 Å². The number of carbonyl (C=O) groups is 1. The highest BCUT2D eigenvalue weighted by atomic mass is 16.2. The Morgan fingerprint density at radius 3 is 2.37 bits per heavy atom. The Hall–Kier alpha value is -2.13. The number of aryl methyl sites for hydroxylation is 1. The van der Waals surface area contributed by atoms with E-state index in [0.717, 1.165) is 45.1 Å². The predicted molar refractivity (Wildman–Crippen MR) is 123 cm³/mol. The van der Waals surface area contributed by atoms with Crippen LogP contribution in [0.25, 0.3) is 0 Å². The van der Waals surface area contributed by atoms with Crippen LogP contribution in [0.3, 0.4) is 0 Å². The molecule has 2 aromatic rings. The normalized spacial score (nSPS) is 18.1. The number of likely N-dealkylation sites (tertiary alicyclic amines) is 1. The Morgan fingerprint density at radius 1 is 0.900 bits per heavy atom. The van der Waals surface area contributed by atoms with Crippen LogP contribution in [0.4, 0.5) is 0 Å². The third-order valence-electron chi connectivity index (χ3n) is 7.05. The molecule has 0 radical (unpaired) electrons. The molecule has 160 valence electrons. The van der Waals surface area contributed by atoms with Gasteiger partial charge < -0.3 is 4.90 Å². The van der Waals surface area contributed by atoms with Gasteiger partial charge in [0.1, 0.15) is 0 Å². The van der Waals surface area contributed by atoms with Gasteiger partial charge in [0.25, 0.3) is 0 Å². The molecular weight excluding hydrogens is 368 g/mol. The number of hydrogen-bond donors (Lipinski definition) is 0. The van der Waals surface area contributed by atoms with E-state index in [9.17, 15) is 4.79 Å². The summed E-state index contributed by atoms with van der Waals surface area (Å²) in [5, 5.41) is 0. The van der Waals surface area contributed by atoms with Crippen molar-refractivity contribution in [1.29, 1.82) is 0 Å². The fourth-order valence-electron chi connectivity index (χ4n) is 5.11. The van der Waals surface area contributed by atoms with Gasteiger partial charge in [0.05, 0.1) is 0 Å². The van der Waals surface area contributed by atoms with Crippen molar-refractivity contribution >= 4 is 5.91 Å². The minimum Gasteiger partial charge on any atom is -0.343 e. The minimum atomic E-state index is 0.237. The average Bonchev–Trinajstić information content (AvgIpc) is 2.97. The largest absolute Gasteiger partial charge is 0.343 e. The van der Waals surface area contributed by atoms with Gasteiger partial charge in [0, 0.05) is 39.6 Å². The fourth-order valence-corrected chi connectivity index (χ4v) is 5.11. The maximum atomic E-state index is 11.5. The first-order valence-corrected chi connectivity index (χ1v) is 11.8. The molecule has 1 saturated heterocycles. The second kappa shape index (κ2) is 10.3. The maximum Gasteiger partial charge on any atom is 0.219 e. The Kier molecular flexibility index (Phi) is 7.22. The van der Waals surface area contributed by atoms with Gasteiger partial charge >= 0.3 is 0 Å². The second-order valence-corrected chi connectivity index (χ2v) is 9.21. The first-order chi connectivity index (χ1) is 14.7. The third-order valence-corrected chi connectivity index (χ3v) is 7.05. The number of fused-ring (bicyclic) bond motifs is 1. The lowest BCUT2D eigenvalue weighted by Crippen LogP contribution is -2.36. The second-order valence-electron chi connectivity index (χ2n) is 9.21. The van der Waals surface area contributed by atoms with Gasteiger partial charge in [-0.15, -0.1) is 0 Å². The summed E-state index contributed by atoms with van der Waals surface area (Å²) in [5.41, 5.74) is 6.04. The lowest BCUT2D eigenvalue weighted by Gasteiger charge is -2.31. The molecule has 2 aliphatic heterocycles. The molecule has 0 bridgehead atoms. The van der Waals surface area contributed by atoms with Crippen LogP contribution in [-0.2, 0) is 30.6 Å². The SMILES string of the molecule is CC(=O)N1CCC(CCCc2ccc3c(c2)CCN(Cc2ccccc2)CC3)CC1. The summed E-state index contributed by atoms with van der Waals surface area (Å²) < 4.78 is 0. The molecule has 0 saturated carbocycles. The highest BCUT2D eigenvalue weighted by molar-refractivity contribution is 5.73. The highest BCUT2D eigenvalue weighted by Crippen LogP contribution is 2.24. The van der Waals surface area contributed by atoms with E-state index < -0.39 is 0 Å². The summed E-state index contributed by atoms with van der Waals surface area (Å²) >= 11 is 0. The van der Waals surface area contributed by atoms with E-state index >= 15 is 0 Å². The van der Waals surface area contributed by atoms with Crippen LogP contribution in [0.2, 0.25) is 0 Å². The molecule has 0 spiro atoms. The molecule has 0 aromatic heterocycles. The molecule has 2 heterocycles. The van der Waals surface area contributed by atoms with Crippen molar-refractivity contribution in [3.63, 3.8) is 0 Å². The zero-order valence-corrected chi connectivity index (χ0v) is 18.5. The molecule has 30 heavy (non-hydrogen) atoms. The van der Waals surface area contributed by atoms with Crippen molar-refractivity contribution in [2.75, 3.05) is 26.2 Å². The molecule has 0 atom stereocenters. The van der Waals surface area contributed by atoms with Crippen LogP contribution in [0.5, 0.6) is 0 Å². The first kappa shape index (κ1) is 21.1. The first-order valence-electron chi connectivity index (χ1n) is 11.8. The standard InChI is InChI=1S/C27H36N2O/c1-22(30)29-18-12-23(13-19-29)8-5-9-24-10-11-26-14-16-28(17-15-27(26)20-24)21-25-6-3-2-4-7-25/h2-4,6-7,10-11,20,23H,5,8-9,12-19,21H2,1H3. The van der Waals surface area contributed by atoms with Gasteiger partial charge in [-0.25, -0.2) is 0 Å². The van der Waals surface area contributed by atoms with Crippen LogP contribution in [0, 0.1) is 5.92 Å². The molecule has 4 rings (SSSR count). The van der Waals surface area contributed by atoms with E-state index in [1.54, 1.807) is 18.1 Å². The Morgan fingerprint density at radius 2 is 1.63 bits per heavy atom. The van der Waals surface area contributed by atoms with E-state index in [0.29, 0.717) is 0 Å². The van der Waals surface area contributed by atoms with E-state index in [4.69, 9.17) is 0 Å². The maximum absolute atomic E-state index is 11.5. The van der Waals surface area contributed by atoms with E-state index in [1.165, 1.54) is 49.7 Å². The van der Waals surface area contributed by atoms with Crippen LogP contribution < -0.4 is 0 Å². The van der Waals surface area contributed by atoms with Gasteiger partial charge in [0.2, 0.25) is 5.91 Å². The van der Waals surface area contributed by atoms with Crippen molar-refractivity contribution in [2.45, 2.75) is 58.4 Å². The fraction of sp³-hybridized carbons (Fsp3) is 0.519. The minimum absolute atomic E-state index is 0.237. The predicted octanol–water partition coefficient (Wildman–Crippen LogP) is 4.87. The van der Waals surface area contributed by atoms with E-state index in [1.807, 2.05) is 4.90 Å². The number of nitrogens with zero attached hydrogens (tertiary/aromatic N) is 2. The number of benzene rings is 2. The van der Waals surface area contributed by atoms with Crippen molar-refractivity contribution in [1.82, 2.24) is 9.80 Å². The number of carbonyl (C=O) groups excluding carboxylic acids is 1. The smallest absolute Gasteiger partial charge is 0.219 e. The topological polar surface area (TPSA) is 23.6 Å². The quantitative estimate of drug-likeness (QED) is 0.686. The molecule has 2 aliphatic rings. The molecule has 1 amide bonds. The lowest BCUT2D eigenvalue weighted by molar-refractivity contribution is -0.130. The molecule has 0 N–H and O–H groups in total. The molecule has 0 unspecified atom stereocenters. The zero-order chi connectivity index (χ0) is 20.8. The summed E-state index contributed by atoms with van der Waals surface area (Å²) in [7, 11) is 0. The van der Waals surface area contributed by atoms with Crippen LogP contribution in [0.1, 0.15) is 54.9 Å². The molecular formula is C27H36N2O. The third kappa shape index (κ3) is 5.72. The number of piperidine rings is 1. The summed E-state index contributed by atoms with van der Waals surface area (Å²) in [6, 6.07) is 18.1. The van der Waals surface area contributed by atoms with Gasteiger partial charge in [-0.1, -0.05) is 48.5 Å². The average molecular weight is 405 g/mol. The van der Waals surface area contributed by atoms with Crippen LogP contribution in [0.15, 0.2) is 48.5 Å². The summed E-state index contributed by atoms with van der Waals surface area (Å²) in [5.74, 6) is 1.04. The van der Waals surface area contributed by atoms with Crippen molar-refractivity contribution in [3.05, 3.63) is 70.8 Å². The molecule has 0 aliphatic carbocycles. The van der Waals surface area contributed by atoms with Gasteiger partial charge in [0.15, 0.2) is 0 Å². The Balaban J connectivity index is 1.24. The number of rotatable bonds is 6. The molecule has 3 nitrogen and oxygen atoms in total. The summed E-state index contributed by atoms with van der Waals surface area (Å²) in [6.07, 6.45) is 8.45. The van der Waals surface area contributed by atoms with Crippen LogP contribution in [-0.4, -0.2) is 41.9 Å². The zero-order valence-electron chi connectivity index (χ0n) is 18.5. The Bertz CT molecular complexity index is 824. The number of amides is 1. The Labute approximate surface area is 182 Å². The molecule has 1 fully saturated rings.